The maximum absolute atomic E-state index is 6.08. The molecule has 0 radical (unpaired) electrons. The second kappa shape index (κ2) is 7.80. The molecule has 1 aromatic rings. The maximum Gasteiger partial charge on any atom is 0.161 e. The van der Waals surface area contributed by atoms with Crippen LogP contribution in [0.5, 0.6) is 5.75 Å². The van der Waals surface area contributed by atoms with Crippen molar-refractivity contribution in [3.05, 3.63) is 11.9 Å². The molecule has 21 heavy (non-hydrogen) atoms. The summed E-state index contributed by atoms with van der Waals surface area (Å²) in [5.74, 6) is 0.816. The van der Waals surface area contributed by atoms with E-state index >= 15 is 0 Å². The van der Waals surface area contributed by atoms with Gasteiger partial charge in [-0.05, 0) is 25.8 Å². The highest BCUT2D eigenvalue weighted by atomic mass is 16.5. The molecule has 0 aromatic carbocycles. The first-order valence-electron chi connectivity index (χ1n) is 7.85. The smallest absolute Gasteiger partial charge is 0.161 e. The molecule has 1 N–H and O–H groups in total. The molecule has 5 heteroatoms. The quantitative estimate of drug-likeness (QED) is 0.801. The fourth-order valence-corrected chi connectivity index (χ4v) is 2.69. The number of rotatable bonds is 8. The first-order valence-corrected chi connectivity index (χ1v) is 7.85. The Morgan fingerprint density at radius 2 is 1.95 bits per heavy atom. The van der Waals surface area contributed by atoms with Gasteiger partial charge in [-0.1, -0.05) is 27.7 Å². The fourth-order valence-electron chi connectivity index (χ4n) is 2.69. The lowest BCUT2D eigenvalue weighted by atomic mass is 9.83. The summed E-state index contributed by atoms with van der Waals surface area (Å²) in [5, 5.41) is 7.99. The Balaban J connectivity index is 3.29. The molecule has 1 aromatic heterocycles. The summed E-state index contributed by atoms with van der Waals surface area (Å²) in [6.45, 7) is 15.2. The normalized spacial score (nSPS) is 15.0. The molecule has 1 rings (SSSR count). The van der Waals surface area contributed by atoms with Gasteiger partial charge in [-0.15, -0.1) is 0 Å². The van der Waals surface area contributed by atoms with Crippen LogP contribution in [-0.2, 0) is 11.3 Å². The zero-order valence-electron chi connectivity index (χ0n) is 14.6. The van der Waals surface area contributed by atoms with Crippen LogP contribution in [0, 0.1) is 5.41 Å². The molecule has 2 atom stereocenters. The van der Waals surface area contributed by atoms with Crippen LogP contribution in [0.25, 0.3) is 0 Å². The standard InChI is InChI=1S/C16H31N3O2/c1-8-17-13(15(21-10-3)16(4,5)6)14-12(20-7)11-18-19(14)9-2/h11,13,15,17H,8-10H2,1-7H3. The Morgan fingerprint density at radius 3 is 2.38 bits per heavy atom. The van der Waals surface area contributed by atoms with Gasteiger partial charge in [-0.2, -0.15) is 5.10 Å². The van der Waals surface area contributed by atoms with E-state index in [9.17, 15) is 0 Å². The average Bonchev–Trinajstić information content (AvgIpc) is 2.84. The van der Waals surface area contributed by atoms with E-state index in [0.29, 0.717) is 6.61 Å². The van der Waals surface area contributed by atoms with Crippen molar-refractivity contribution < 1.29 is 9.47 Å². The number of hydrogen-bond acceptors (Lipinski definition) is 4. The number of hydrogen-bond donors (Lipinski definition) is 1. The number of nitrogens with one attached hydrogen (secondary N) is 1. The van der Waals surface area contributed by atoms with Gasteiger partial charge in [-0.25, -0.2) is 0 Å². The van der Waals surface area contributed by atoms with E-state index in [1.807, 2.05) is 11.6 Å². The van der Waals surface area contributed by atoms with Crippen molar-refractivity contribution >= 4 is 0 Å². The summed E-state index contributed by atoms with van der Waals surface area (Å²) in [4.78, 5) is 0. The third-order valence-electron chi connectivity index (χ3n) is 3.59. The van der Waals surface area contributed by atoms with Gasteiger partial charge < -0.3 is 14.8 Å². The van der Waals surface area contributed by atoms with Crippen molar-refractivity contribution in [3.8, 4) is 5.75 Å². The van der Waals surface area contributed by atoms with Gasteiger partial charge in [0, 0.05) is 13.2 Å². The van der Waals surface area contributed by atoms with Crippen molar-refractivity contribution in [2.75, 3.05) is 20.3 Å². The summed E-state index contributed by atoms with van der Waals surface area (Å²) in [7, 11) is 1.69. The van der Waals surface area contributed by atoms with Crippen LogP contribution in [0.4, 0.5) is 0 Å². The Labute approximate surface area is 129 Å². The second-order valence-corrected chi connectivity index (χ2v) is 6.19. The summed E-state index contributed by atoms with van der Waals surface area (Å²) >= 11 is 0. The number of ether oxygens (including phenoxy) is 2. The molecule has 0 aliphatic rings. The van der Waals surface area contributed by atoms with Crippen LogP contribution in [0.2, 0.25) is 0 Å². The van der Waals surface area contributed by atoms with Gasteiger partial charge in [0.25, 0.3) is 0 Å². The molecule has 1 heterocycles. The Bertz CT molecular complexity index is 402. The second-order valence-electron chi connectivity index (χ2n) is 6.19. The summed E-state index contributed by atoms with van der Waals surface area (Å²) in [5.41, 5.74) is 1.08. The highest BCUT2D eigenvalue weighted by Gasteiger charge is 2.37. The summed E-state index contributed by atoms with van der Waals surface area (Å²) in [6, 6.07) is 0.0485. The number of aromatic nitrogens is 2. The molecule has 2 unspecified atom stereocenters. The molecule has 0 amide bonds. The lowest BCUT2D eigenvalue weighted by molar-refractivity contribution is -0.0384. The zero-order chi connectivity index (χ0) is 16.0. The van der Waals surface area contributed by atoms with Crippen molar-refractivity contribution in [1.29, 1.82) is 0 Å². The van der Waals surface area contributed by atoms with Gasteiger partial charge in [0.05, 0.1) is 31.1 Å². The molecular formula is C16H31N3O2. The molecule has 0 saturated carbocycles. The number of nitrogens with zero attached hydrogens (tertiary/aromatic N) is 2. The predicted octanol–water partition coefficient (Wildman–Crippen LogP) is 3.01. The molecule has 5 nitrogen and oxygen atoms in total. The molecule has 0 saturated heterocycles. The van der Waals surface area contributed by atoms with E-state index < -0.39 is 0 Å². The van der Waals surface area contributed by atoms with E-state index in [-0.39, 0.29) is 17.6 Å². The van der Waals surface area contributed by atoms with Crippen LogP contribution < -0.4 is 10.1 Å². The van der Waals surface area contributed by atoms with Gasteiger partial charge in [0.2, 0.25) is 0 Å². The van der Waals surface area contributed by atoms with E-state index in [1.54, 1.807) is 13.3 Å². The summed E-state index contributed by atoms with van der Waals surface area (Å²) in [6.07, 6.45) is 1.83. The highest BCUT2D eigenvalue weighted by molar-refractivity contribution is 5.29. The SMILES string of the molecule is CCNC(c1c(OC)cnn1CC)C(OCC)C(C)(C)C. The largest absolute Gasteiger partial charge is 0.493 e. The first kappa shape index (κ1) is 18.0. The van der Waals surface area contributed by atoms with Gasteiger partial charge in [0.1, 0.15) is 0 Å². The molecule has 0 spiro atoms. The van der Waals surface area contributed by atoms with Crippen LogP contribution in [0.15, 0.2) is 6.20 Å². The van der Waals surface area contributed by atoms with Gasteiger partial charge >= 0.3 is 0 Å². The van der Waals surface area contributed by atoms with Gasteiger partial charge in [0.15, 0.2) is 5.75 Å². The first-order chi connectivity index (χ1) is 9.90. The van der Waals surface area contributed by atoms with Crippen LogP contribution in [0.1, 0.15) is 53.3 Å². The Morgan fingerprint density at radius 1 is 1.29 bits per heavy atom. The molecule has 0 aliphatic carbocycles. The third kappa shape index (κ3) is 4.20. The monoisotopic (exact) mass is 297 g/mol. The minimum atomic E-state index is 0.0106. The fraction of sp³-hybridized carbons (Fsp3) is 0.812. The predicted molar refractivity (Wildman–Crippen MR) is 85.7 cm³/mol. The lowest BCUT2D eigenvalue weighted by Gasteiger charge is -2.37. The number of likely N-dealkylation sites (N-methyl/N-ethyl adjacent to an activating group) is 1. The molecule has 0 bridgehead atoms. The topological polar surface area (TPSA) is 48.3 Å². The highest BCUT2D eigenvalue weighted by Crippen LogP contribution is 2.36. The van der Waals surface area contributed by atoms with Crippen LogP contribution >= 0.6 is 0 Å². The van der Waals surface area contributed by atoms with Crippen LogP contribution in [-0.4, -0.2) is 36.1 Å². The van der Waals surface area contributed by atoms with E-state index in [4.69, 9.17) is 9.47 Å². The molecule has 0 fully saturated rings. The lowest BCUT2D eigenvalue weighted by Crippen LogP contribution is -2.43. The van der Waals surface area contributed by atoms with Gasteiger partial charge in [-0.3, -0.25) is 4.68 Å². The molecule has 0 aliphatic heterocycles. The Hall–Kier alpha value is -1.07. The van der Waals surface area contributed by atoms with Crippen molar-refractivity contribution in [2.24, 2.45) is 5.41 Å². The van der Waals surface area contributed by atoms with Crippen molar-refractivity contribution in [2.45, 2.75) is 60.2 Å². The molecule has 122 valence electrons. The number of methoxy groups -OCH3 is 1. The molecular weight excluding hydrogens is 266 g/mol. The third-order valence-corrected chi connectivity index (χ3v) is 3.59. The van der Waals surface area contributed by atoms with Crippen LogP contribution in [0.3, 0.4) is 0 Å². The Kier molecular flexibility index (Phi) is 6.68. The minimum absolute atomic E-state index is 0.0106. The average molecular weight is 297 g/mol. The zero-order valence-corrected chi connectivity index (χ0v) is 14.6. The minimum Gasteiger partial charge on any atom is -0.493 e. The van der Waals surface area contributed by atoms with E-state index in [0.717, 1.165) is 24.5 Å². The summed E-state index contributed by atoms with van der Waals surface area (Å²) < 4.78 is 13.6. The number of aryl methyl sites for hydroxylation is 1. The van der Waals surface area contributed by atoms with Crippen molar-refractivity contribution in [3.63, 3.8) is 0 Å². The maximum atomic E-state index is 6.08. The van der Waals surface area contributed by atoms with E-state index in [2.05, 4.69) is 45.0 Å². The van der Waals surface area contributed by atoms with E-state index in [1.165, 1.54) is 0 Å². The van der Waals surface area contributed by atoms with Crippen molar-refractivity contribution in [1.82, 2.24) is 15.1 Å².